The van der Waals surface area contributed by atoms with Crippen LogP contribution >= 0.6 is 0 Å². The number of hydrogen-bond donors (Lipinski definition) is 0. The van der Waals surface area contributed by atoms with E-state index < -0.39 is 0 Å². The van der Waals surface area contributed by atoms with E-state index >= 15 is 0 Å². The highest BCUT2D eigenvalue weighted by Gasteiger charge is 2.30. The van der Waals surface area contributed by atoms with Gasteiger partial charge in [0.2, 0.25) is 0 Å². The lowest BCUT2D eigenvalue weighted by molar-refractivity contribution is 0.781. The summed E-state index contributed by atoms with van der Waals surface area (Å²) < 4.78 is 0. The van der Waals surface area contributed by atoms with Gasteiger partial charge in [-0.3, -0.25) is 0 Å². The van der Waals surface area contributed by atoms with Crippen LogP contribution in [0.1, 0.15) is 124 Å². The number of fused-ring (bicyclic) bond motifs is 2. The molecule has 6 rings (SSSR count). The average Bonchev–Trinajstić information content (AvgIpc) is 3.58. The van der Waals surface area contributed by atoms with Gasteiger partial charge in [-0.2, -0.15) is 0 Å². The summed E-state index contributed by atoms with van der Waals surface area (Å²) in [6, 6.07) is 34.8. The maximum absolute atomic E-state index is 2.58. The molecule has 0 N–H and O–H groups in total. The number of rotatable bonds is 12. The first kappa shape index (κ1) is 31.6. The van der Waals surface area contributed by atoms with Crippen LogP contribution in [-0.4, -0.2) is 9.52 Å². The lowest BCUT2D eigenvalue weighted by Crippen LogP contribution is -2.08. The second-order valence-electron chi connectivity index (χ2n) is 13.8. The lowest BCUT2D eigenvalue weighted by Gasteiger charge is -2.21. The first-order valence-corrected chi connectivity index (χ1v) is 18.9. The molecule has 230 valence electrons. The van der Waals surface area contributed by atoms with E-state index in [1.54, 1.807) is 22.3 Å². The van der Waals surface area contributed by atoms with Crippen LogP contribution < -0.4 is 0 Å². The zero-order valence-electron chi connectivity index (χ0n) is 28.3. The van der Waals surface area contributed by atoms with E-state index in [-0.39, 0.29) is 0 Å². The van der Waals surface area contributed by atoms with Gasteiger partial charge in [0.1, 0.15) is 0 Å². The Morgan fingerprint density at radius 1 is 0.511 bits per heavy atom. The maximum atomic E-state index is 2.58. The summed E-state index contributed by atoms with van der Waals surface area (Å²) in [5.74, 6) is 2.11. The van der Waals surface area contributed by atoms with E-state index in [1.807, 2.05) is 0 Å². The fraction of sp³-hybridized carbons (Fsp3) is 0.364. The fourth-order valence-corrected chi connectivity index (χ4v) is 9.66. The third-order valence-electron chi connectivity index (χ3n) is 10.1. The van der Waals surface area contributed by atoms with Gasteiger partial charge < -0.3 is 0 Å². The Balaban J connectivity index is 1.28. The summed E-state index contributed by atoms with van der Waals surface area (Å²) in [5, 5.41) is 0. The Kier molecular flexibility index (Phi) is 9.76. The van der Waals surface area contributed by atoms with Crippen LogP contribution in [0.2, 0.25) is 12.1 Å². The molecule has 2 aliphatic carbocycles. The van der Waals surface area contributed by atoms with E-state index in [2.05, 4.69) is 139 Å². The summed E-state index contributed by atoms with van der Waals surface area (Å²) in [6.45, 7) is 13.9. The first-order chi connectivity index (χ1) is 21.9. The predicted molar refractivity (Wildman–Crippen MR) is 199 cm³/mol. The van der Waals surface area contributed by atoms with Crippen LogP contribution in [0.5, 0.6) is 0 Å². The molecule has 0 bridgehead atoms. The number of benzene rings is 4. The fourth-order valence-electron chi connectivity index (χ4n) is 7.95. The quantitative estimate of drug-likeness (QED) is 0.141. The third kappa shape index (κ3) is 6.21. The summed E-state index contributed by atoms with van der Waals surface area (Å²) in [6.07, 6.45) is 9.95. The minimum Gasteiger partial charge on any atom is -0.0651 e. The van der Waals surface area contributed by atoms with Crippen LogP contribution in [0.15, 0.2) is 96.1 Å². The van der Waals surface area contributed by atoms with E-state index in [1.165, 1.54) is 82.3 Å². The molecule has 0 aromatic heterocycles. The summed E-state index contributed by atoms with van der Waals surface area (Å²) >= 11 is 0. The molecule has 4 aromatic rings. The molecule has 2 unspecified atom stereocenters. The number of hydrogen-bond acceptors (Lipinski definition) is 0. The molecular formula is C44H50Si. The maximum Gasteiger partial charge on any atom is 0.0397 e. The highest BCUT2D eigenvalue weighted by molar-refractivity contribution is 6.36. The van der Waals surface area contributed by atoms with Crippen molar-refractivity contribution in [1.29, 1.82) is 0 Å². The van der Waals surface area contributed by atoms with Crippen molar-refractivity contribution in [3.63, 3.8) is 0 Å². The first-order valence-electron chi connectivity index (χ1n) is 17.5. The Labute approximate surface area is 275 Å². The molecule has 2 atom stereocenters. The van der Waals surface area contributed by atoms with Crippen molar-refractivity contribution in [1.82, 2.24) is 0 Å². The molecule has 0 fully saturated rings. The topological polar surface area (TPSA) is 0 Å². The van der Waals surface area contributed by atoms with Crippen molar-refractivity contribution in [2.45, 2.75) is 103 Å². The normalized spacial score (nSPS) is 17.1. The molecule has 0 saturated carbocycles. The molecule has 1 heteroatoms. The minimum atomic E-state index is 0.508. The minimum absolute atomic E-state index is 0.508. The van der Waals surface area contributed by atoms with E-state index in [4.69, 9.17) is 0 Å². The SMILES string of the molecule is CCCC1=Cc2c(-c3ccccc3C(C)C)cccc2C1C[Si]CC1C(CCC)=Cc2c(-c3ccccc3C(C)C)cccc21. The average molecular weight is 607 g/mol. The zero-order chi connectivity index (χ0) is 31.5. The van der Waals surface area contributed by atoms with Crippen LogP contribution in [0, 0.1) is 0 Å². The summed E-state index contributed by atoms with van der Waals surface area (Å²) in [7, 11) is 0.937. The van der Waals surface area contributed by atoms with Gasteiger partial charge >= 0.3 is 0 Å². The van der Waals surface area contributed by atoms with Crippen molar-refractivity contribution in [2.75, 3.05) is 0 Å². The second kappa shape index (κ2) is 13.9. The Bertz CT molecular complexity index is 1590. The summed E-state index contributed by atoms with van der Waals surface area (Å²) in [4.78, 5) is 0. The molecule has 2 aliphatic rings. The zero-order valence-corrected chi connectivity index (χ0v) is 29.3. The van der Waals surface area contributed by atoms with Crippen molar-refractivity contribution in [3.8, 4) is 22.3 Å². The highest BCUT2D eigenvalue weighted by atomic mass is 28.2. The highest BCUT2D eigenvalue weighted by Crippen LogP contribution is 2.48. The van der Waals surface area contributed by atoms with E-state index in [0.717, 1.165) is 9.52 Å². The largest absolute Gasteiger partial charge is 0.0651 e. The van der Waals surface area contributed by atoms with Crippen LogP contribution in [-0.2, 0) is 0 Å². The van der Waals surface area contributed by atoms with Gasteiger partial charge in [0, 0.05) is 21.4 Å². The molecule has 0 saturated heterocycles. The summed E-state index contributed by atoms with van der Waals surface area (Å²) in [5.41, 5.74) is 17.9. The Morgan fingerprint density at radius 3 is 1.31 bits per heavy atom. The standard InChI is InChI=1S/C44H50Si/c1-7-15-31-25-41-37(35-19-11-9-17-33(35)29(3)4)21-13-23-39(41)43(31)27-45-28-44-32(16-8-2)26-42-38(22-14-24-40(42)44)36-20-12-10-18-34(36)30(5)6/h9-14,17-26,29-30,43-44H,7-8,15-16,27-28H2,1-6H3. The van der Waals surface area contributed by atoms with Gasteiger partial charge in [-0.25, -0.2) is 0 Å². The Hall–Kier alpha value is -3.42. The van der Waals surface area contributed by atoms with Crippen molar-refractivity contribution < 1.29 is 0 Å². The van der Waals surface area contributed by atoms with Crippen molar-refractivity contribution >= 4 is 21.7 Å². The van der Waals surface area contributed by atoms with Crippen molar-refractivity contribution in [2.24, 2.45) is 0 Å². The number of allylic oxidation sites excluding steroid dienone is 2. The molecule has 0 spiro atoms. The molecule has 45 heavy (non-hydrogen) atoms. The monoisotopic (exact) mass is 606 g/mol. The third-order valence-corrected chi connectivity index (χ3v) is 11.5. The Morgan fingerprint density at radius 2 is 0.911 bits per heavy atom. The van der Waals surface area contributed by atoms with Gasteiger partial charge in [-0.1, -0.05) is 175 Å². The molecule has 0 nitrogen and oxygen atoms in total. The van der Waals surface area contributed by atoms with Gasteiger partial charge in [0.05, 0.1) is 0 Å². The smallest absolute Gasteiger partial charge is 0.0397 e. The molecule has 2 radical (unpaired) electrons. The second-order valence-corrected chi connectivity index (χ2v) is 15.1. The van der Waals surface area contributed by atoms with Crippen LogP contribution in [0.25, 0.3) is 34.4 Å². The molecule has 4 aromatic carbocycles. The van der Waals surface area contributed by atoms with Crippen molar-refractivity contribution in [3.05, 3.63) is 129 Å². The molecule has 0 amide bonds. The van der Waals surface area contributed by atoms with E-state index in [0.29, 0.717) is 23.7 Å². The lowest BCUT2D eigenvalue weighted by atomic mass is 9.88. The van der Waals surface area contributed by atoms with Gasteiger partial charge in [0.25, 0.3) is 0 Å². The predicted octanol–water partition coefficient (Wildman–Crippen LogP) is 13.1. The molecular weight excluding hydrogens is 557 g/mol. The van der Waals surface area contributed by atoms with Gasteiger partial charge in [-0.15, -0.1) is 0 Å². The molecule has 0 aliphatic heterocycles. The van der Waals surface area contributed by atoms with Gasteiger partial charge in [-0.05, 0) is 80.3 Å². The molecule has 0 heterocycles. The van der Waals surface area contributed by atoms with E-state index in [9.17, 15) is 0 Å². The van der Waals surface area contributed by atoms with Gasteiger partial charge in [0.15, 0.2) is 0 Å². The van der Waals surface area contributed by atoms with Crippen LogP contribution in [0.4, 0.5) is 0 Å². The van der Waals surface area contributed by atoms with Crippen LogP contribution in [0.3, 0.4) is 0 Å².